The highest BCUT2D eigenvalue weighted by Crippen LogP contribution is 2.24. The van der Waals surface area contributed by atoms with Crippen LogP contribution in [-0.2, 0) is 9.53 Å². The minimum Gasteiger partial charge on any atom is -0.461 e. The van der Waals surface area contributed by atoms with E-state index in [1.54, 1.807) is 18.2 Å². The number of amides is 2. The summed E-state index contributed by atoms with van der Waals surface area (Å²) in [5, 5.41) is 6.71. The summed E-state index contributed by atoms with van der Waals surface area (Å²) < 4.78 is 11.0. The molecule has 0 saturated carbocycles. The number of anilines is 2. The molecular formula is C22H22N2O4. The summed E-state index contributed by atoms with van der Waals surface area (Å²) in [6.07, 6.45) is 1.20. The molecule has 1 saturated heterocycles. The van der Waals surface area contributed by atoms with E-state index >= 15 is 0 Å². The maximum absolute atomic E-state index is 12.7. The molecule has 1 unspecified atom stereocenters. The molecule has 1 aromatic heterocycles. The zero-order valence-electron chi connectivity index (χ0n) is 15.9. The molecule has 2 aromatic carbocycles. The van der Waals surface area contributed by atoms with E-state index in [1.165, 1.54) is 0 Å². The van der Waals surface area contributed by atoms with Gasteiger partial charge in [-0.05, 0) is 68.7 Å². The topological polar surface area (TPSA) is 80.6 Å². The quantitative estimate of drug-likeness (QED) is 0.704. The summed E-state index contributed by atoms with van der Waals surface area (Å²) in [6.45, 7) is 4.39. The molecule has 28 heavy (non-hydrogen) atoms. The summed E-state index contributed by atoms with van der Waals surface area (Å²) in [7, 11) is 0. The van der Waals surface area contributed by atoms with Crippen molar-refractivity contribution in [3.63, 3.8) is 0 Å². The van der Waals surface area contributed by atoms with Crippen molar-refractivity contribution in [2.75, 3.05) is 17.2 Å². The zero-order valence-corrected chi connectivity index (χ0v) is 15.9. The lowest BCUT2D eigenvalue weighted by Gasteiger charge is -2.14. The second kappa shape index (κ2) is 7.48. The van der Waals surface area contributed by atoms with Crippen molar-refractivity contribution < 1.29 is 18.7 Å². The number of nitrogens with one attached hydrogen (secondary N) is 2. The predicted octanol–water partition coefficient (Wildman–Crippen LogP) is 4.42. The first-order chi connectivity index (χ1) is 13.5. The lowest BCUT2D eigenvalue weighted by Crippen LogP contribution is -2.27. The molecule has 4 rings (SSSR count). The van der Waals surface area contributed by atoms with Crippen LogP contribution in [0.5, 0.6) is 0 Å². The minimum atomic E-state index is -0.415. The Morgan fingerprint density at radius 1 is 1.04 bits per heavy atom. The Kier molecular flexibility index (Phi) is 4.88. The molecule has 0 bridgehead atoms. The van der Waals surface area contributed by atoms with Crippen LogP contribution in [0.3, 0.4) is 0 Å². The molecule has 3 aromatic rings. The highest BCUT2D eigenvalue weighted by Gasteiger charge is 2.24. The van der Waals surface area contributed by atoms with Crippen LogP contribution < -0.4 is 10.6 Å². The standard InChI is InChI=1S/C22H22N2O4/c1-13-5-6-15(12-18(13)24-22(26)20-4-3-9-27-20)21(25)23-17-7-8-19-16(11-17)10-14(2)28-19/h5-8,10-12,20H,3-4,9H2,1-2H3,(H,23,25)(H,24,26). The maximum Gasteiger partial charge on any atom is 0.255 e. The van der Waals surface area contributed by atoms with Gasteiger partial charge in [0.25, 0.3) is 11.8 Å². The Labute approximate surface area is 162 Å². The van der Waals surface area contributed by atoms with Crippen LogP contribution in [-0.4, -0.2) is 24.5 Å². The van der Waals surface area contributed by atoms with Crippen LogP contribution in [0.15, 0.2) is 46.9 Å². The Morgan fingerprint density at radius 3 is 2.68 bits per heavy atom. The van der Waals surface area contributed by atoms with Gasteiger partial charge in [0.2, 0.25) is 0 Å². The summed E-state index contributed by atoms with van der Waals surface area (Å²) in [6, 6.07) is 12.7. The first kappa shape index (κ1) is 18.3. The number of benzene rings is 2. The van der Waals surface area contributed by atoms with Gasteiger partial charge in [0.15, 0.2) is 0 Å². The van der Waals surface area contributed by atoms with Gasteiger partial charge in [-0.2, -0.15) is 0 Å². The molecule has 6 nitrogen and oxygen atoms in total. The van der Waals surface area contributed by atoms with Crippen LogP contribution in [0.1, 0.15) is 34.5 Å². The summed E-state index contributed by atoms with van der Waals surface area (Å²) in [5.41, 5.74) is 3.44. The number of aryl methyl sites for hydroxylation is 2. The van der Waals surface area contributed by atoms with E-state index < -0.39 is 6.10 Å². The molecule has 1 atom stereocenters. The smallest absolute Gasteiger partial charge is 0.255 e. The molecule has 2 amide bonds. The predicted molar refractivity (Wildman–Crippen MR) is 108 cm³/mol. The van der Waals surface area contributed by atoms with Crippen LogP contribution in [0, 0.1) is 13.8 Å². The lowest BCUT2D eigenvalue weighted by atomic mass is 10.1. The Balaban J connectivity index is 1.50. The largest absolute Gasteiger partial charge is 0.461 e. The molecule has 2 heterocycles. The van der Waals surface area contributed by atoms with E-state index in [0.717, 1.165) is 35.1 Å². The summed E-state index contributed by atoms with van der Waals surface area (Å²) in [5.74, 6) is 0.412. The third-order valence-electron chi connectivity index (χ3n) is 4.88. The molecule has 1 aliphatic heterocycles. The number of hydrogen-bond donors (Lipinski definition) is 2. The van der Waals surface area contributed by atoms with Gasteiger partial charge in [0, 0.05) is 28.9 Å². The zero-order chi connectivity index (χ0) is 19.7. The number of furan rings is 1. The molecule has 1 fully saturated rings. The Bertz CT molecular complexity index is 1050. The minimum absolute atomic E-state index is 0.168. The Morgan fingerprint density at radius 2 is 1.89 bits per heavy atom. The van der Waals surface area contributed by atoms with Crippen molar-refractivity contribution in [2.45, 2.75) is 32.8 Å². The number of carbonyl (C=O) groups excluding carboxylic acids is 2. The first-order valence-corrected chi connectivity index (χ1v) is 9.34. The van der Waals surface area contributed by atoms with E-state index in [-0.39, 0.29) is 11.8 Å². The SMILES string of the molecule is Cc1cc2cc(NC(=O)c3ccc(C)c(NC(=O)C4CCCO4)c3)ccc2o1. The van der Waals surface area contributed by atoms with E-state index in [1.807, 2.05) is 38.1 Å². The monoisotopic (exact) mass is 378 g/mol. The third kappa shape index (κ3) is 3.77. The van der Waals surface area contributed by atoms with Gasteiger partial charge in [-0.25, -0.2) is 0 Å². The van der Waals surface area contributed by atoms with Crippen molar-refractivity contribution in [3.8, 4) is 0 Å². The lowest BCUT2D eigenvalue weighted by molar-refractivity contribution is -0.124. The highest BCUT2D eigenvalue weighted by molar-refractivity contribution is 6.06. The van der Waals surface area contributed by atoms with E-state index in [2.05, 4.69) is 10.6 Å². The molecule has 144 valence electrons. The third-order valence-corrected chi connectivity index (χ3v) is 4.88. The number of carbonyl (C=O) groups is 2. The van der Waals surface area contributed by atoms with Crippen LogP contribution in [0.2, 0.25) is 0 Å². The summed E-state index contributed by atoms with van der Waals surface area (Å²) in [4.78, 5) is 25.0. The molecule has 0 radical (unpaired) electrons. The molecule has 1 aliphatic rings. The normalized spacial score (nSPS) is 16.3. The Hall–Kier alpha value is -3.12. The van der Waals surface area contributed by atoms with Crippen molar-refractivity contribution in [1.29, 1.82) is 0 Å². The van der Waals surface area contributed by atoms with E-state index in [9.17, 15) is 9.59 Å². The van der Waals surface area contributed by atoms with Gasteiger partial charge in [-0.1, -0.05) is 6.07 Å². The average molecular weight is 378 g/mol. The van der Waals surface area contributed by atoms with Crippen molar-refractivity contribution in [3.05, 3.63) is 59.4 Å². The molecule has 6 heteroatoms. The summed E-state index contributed by atoms with van der Waals surface area (Å²) >= 11 is 0. The number of hydrogen-bond acceptors (Lipinski definition) is 4. The fourth-order valence-electron chi connectivity index (χ4n) is 3.35. The number of fused-ring (bicyclic) bond motifs is 1. The van der Waals surface area contributed by atoms with Crippen LogP contribution in [0.25, 0.3) is 11.0 Å². The van der Waals surface area contributed by atoms with Crippen molar-refractivity contribution in [2.24, 2.45) is 0 Å². The fraction of sp³-hybridized carbons (Fsp3) is 0.273. The van der Waals surface area contributed by atoms with Gasteiger partial charge in [0.1, 0.15) is 17.4 Å². The molecule has 0 aliphatic carbocycles. The van der Waals surface area contributed by atoms with Crippen LogP contribution >= 0.6 is 0 Å². The molecular weight excluding hydrogens is 356 g/mol. The number of rotatable bonds is 4. The van der Waals surface area contributed by atoms with Crippen LogP contribution in [0.4, 0.5) is 11.4 Å². The van der Waals surface area contributed by atoms with E-state index in [0.29, 0.717) is 23.5 Å². The van der Waals surface area contributed by atoms with Gasteiger partial charge in [-0.3, -0.25) is 9.59 Å². The average Bonchev–Trinajstić information content (AvgIpc) is 3.32. The van der Waals surface area contributed by atoms with Crippen molar-refractivity contribution >= 4 is 34.2 Å². The fourth-order valence-corrected chi connectivity index (χ4v) is 3.35. The first-order valence-electron chi connectivity index (χ1n) is 9.34. The van der Waals surface area contributed by atoms with Gasteiger partial charge < -0.3 is 19.8 Å². The second-order valence-electron chi connectivity index (χ2n) is 7.08. The molecule has 0 spiro atoms. The van der Waals surface area contributed by atoms with Gasteiger partial charge in [0.05, 0.1) is 0 Å². The number of ether oxygens (including phenoxy) is 1. The van der Waals surface area contributed by atoms with Gasteiger partial charge >= 0.3 is 0 Å². The highest BCUT2D eigenvalue weighted by atomic mass is 16.5. The maximum atomic E-state index is 12.7. The van der Waals surface area contributed by atoms with E-state index in [4.69, 9.17) is 9.15 Å². The molecule has 2 N–H and O–H groups in total. The second-order valence-corrected chi connectivity index (χ2v) is 7.08. The van der Waals surface area contributed by atoms with Gasteiger partial charge in [-0.15, -0.1) is 0 Å². The van der Waals surface area contributed by atoms with Crippen molar-refractivity contribution in [1.82, 2.24) is 0 Å².